The zero-order valence-corrected chi connectivity index (χ0v) is 10.9. The average molecular weight is 256 g/mol. The molecule has 4 heteroatoms. The molecule has 104 valence electrons. The van der Waals surface area contributed by atoms with Crippen molar-refractivity contribution in [2.75, 3.05) is 0 Å². The Morgan fingerprint density at radius 1 is 0.611 bits per heavy atom. The molecule has 2 N–H and O–H groups in total. The molecule has 0 amide bonds. The van der Waals surface area contributed by atoms with E-state index in [1.807, 2.05) is 0 Å². The lowest BCUT2D eigenvalue weighted by atomic mass is 9.89. The van der Waals surface area contributed by atoms with Crippen molar-refractivity contribution in [1.82, 2.24) is 0 Å². The molecule has 0 aromatic rings. The highest BCUT2D eigenvalue weighted by atomic mass is 16.4. The summed E-state index contributed by atoms with van der Waals surface area (Å²) in [6.45, 7) is 0. The first kappa shape index (κ1) is 15.0. The molecule has 0 aromatic carbocycles. The van der Waals surface area contributed by atoms with Crippen LogP contribution in [0.1, 0.15) is 64.2 Å². The Hall–Kier alpha value is -1.06. The predicted octanol–water partition coefficient (Wildman–Crippen LogP) is 3.30. The maximum Gasteiger partial charge on any atom is 0.306 e. The minimum atomic E-state index is -0.693. The predicted molar refractivity (Wildman–Crippen MR) is 68.4 cm³/mol. The van der Waals surface area contributed by atoms with Gasteiger partial charge < -0.3 is 10.2 Å². The highest BCUT2D eigenvalue weighted by molar-refractivity contribution is 5.70. The lowest BCUT2D eigenvalue weighted by molar-refractivity contribution is -0.143. The SMILES string of the molecule is O=C(O)C1CCCCCCC(C(=O)O)CCCC1. The summed E-state index contributed by atoms with van der Waals surface area (Å²) < 4.78 is 0. The van der Waals surface area contributed by atoms with Crippen LogP contribution in [0.25, 0.3) is 0 Å². The first-order valence-corrected chi connectivity index (χ1v) is 7.07. The van der Waals surface area contributed by atoms with Crippen LogP contribution in [0.15, 0.2) is 0 Å². The van der Waals surface area contributed by atoms with E-state index in [1.54, 1.807) is 0 Å². The number of hydrogen-bond acceptors (Lipinski definition) is 2. The van der Waals surface area contributed by atoms with E-state index < -0.39 is 11.9 Å². The van der Waals surface area contributed by atoms with Gasteiger partial charge in [0.05, 0.1) is 11.8 Å². The van der Waals surface area contributed by atoms with Gasteiger partial charge >= 0.3 is 11.9 Å². The van der Waals surface area contributed by atoms with Gasteiger partial charge in [-0.25, -0.2) is 0 Å². The van der Waals surface area contributed by atoms with Crippen LogP contribution in [0, 0.1) is 11.8 Å². The van der Waals surface area contributed by atoms with E-state index in [2.05, 4.69) is 0 Å². The van der Waals surface area contributed by atoms with Gasteiger partial charge in [-0.15, -0.1) is 0 Å². The number of rotatable bonds is 2. The Kier molecular flexibility index (Phi) is 6.76. The molecule has 2 unspecified atom stereocenters. The third-order valence-electron chi connectivity index (χ3n) is 3.91. The second-order valence-electron chi connectivity index (χ2n) is 5.35. The zero-order chi connectivity index (χ0) is 13.4. The van der Waals surface area contributed by atoms with E-state index in [0.29, 0.717) is 12.8 Å². The minimum Gasteiger partial charge on any atom is -0.481 e. The molecule has 0 radical (unpaired) electrons. The van der Waals surface area contributed by atoms with Crippen molar-refractivity contribution in [2.24, 2.45) is 11.8 Å². The van der Waals surface area contributed by atoms with Crippen molar-refractivity contribution in [3.05, 3.63) is 0 Å². The molecule has 0 heterocycles. The molecular formula is C14H24O4. The average Bonchev–Trinajstić information content (AvgIpc) is 2.28. The van der Waals surface area contributed by atoms with E-state index >= 15 is 0 Å². The summed E-state index contributed by atoms with van der Waals surface area (Å²) in [6.07, 6.45) is 8.57. The topological polar surface area (TPSA) is 74.6 Å². The first-order chi connectivity index (χ1) is 8.61. The Balaban J connectivity index is 2.46. The summed E-state index contributed by atoms with van der Waals surface area (Å²) in [5.74, 6) is -1.84. The second-order valence-corrected chi connectivity index (χ2v) is 5.35. The number of carbonyl (C=O) groups is 2. The van der Waals surface area contributed by atoms with Crippen LogP contribution in [-0.4, -0.2) is 22.2 Å². The Morgan fingerprint density at radius 2 is 0.889 bits per heavy atom. The van der Waals surface area contributed by atoms with E-state index in [0.717, 1.165) is 51.4 Å². The van der Waals surface area contributed by atoms with Crippen molar-refractivity contribution in [1.29, 1.82) is 0 Å². The summed E-state index contributed by atoms with van der Waals surface area (Å²) in [6, 6.07) is 0. The molecule has 1 aliphatic rings. The van der Waals surface area contributed by atoms with Gasteiger partial charge in [0, 0.05) is 0 Å². The summed E-state index contributed by atoms with van der Waals surface area (Å²) in [4.78, 5) is 22.1. The number of hydrogen-bond donors (Lipinski definition) is 2. The number of carboxylic acids is 2. The fourth-order valence-electron chi connectivity index (χ4n) is 2.70. The molecule has 4 nitrogen and oxygen atoms in total. The summed E-state index contributed by atoms with van der Waals surface area (Å²) >= 11 is 0. The van der Waals surface area contributed by atoms with Gasteiger partial charge in [0.1, 0.15) is 0 Å². The molecule has 2 atom stereocenters. The Labute approximate surface area is 108 Å². The Morgan fingerprint density at radius 3 is 1.17 bits per heavy atom. The van der Waals surface area contributed by atoms with Crippen LogP contribution in [0.5, 0.6) is 0 Å². The molecule has 1 fully saturated rings. The highest BCUT2D eigenvalue weighted by Gasteiger charge is 2.20. The van der Waals surface area contributed by atoms with Crippen LogP contribution in [0.2, 0.25) is 0 Å². The lowest BCUT2D eigenvalue weighted by Crippen LogP contribution is -2.16. The third kappa shape index (κ3) is 5.52. The van der Waals surface area contributed by atoms with Crippen LogP contribution in [0.3, 0.4) is 0 Å². The van der Waals surface area contributed by atoms with Gasteiger partial charge in [-0.2, -0.15) is 0 Å². The van der Waals surface area contributed by atoms with Crippen molar-refractivity contribution >= 4 is 11.9 Å². The van der Waals surface area contributed by atoms with Gasteiger partial charge in [-0.1, -0.05) is 38.5 Å². The van der Waals surface area contributed by atoms with Gasteiger partial charge in [0.25, 0.3) is 0 Å². The number of aliphatic carboxylic acids is 2. The summed E-state index contributed by atoms with van der Waals surface area (Å²) in [7, 11) is 0. The van der Waals surface area contributed by atoms with Gasteiger partial charge in [0.15, 0.2) is 0 Å². The Bertz CT molecular complexity index is 247. The smallest absolute Gasteiger partial charge is 0.306 e. The monoisotopic (exact) mass is 256 g/mol. The van der Waals surface area contributed by atoms with Crippen molar-refractivity contribution in [3.63, 3.8) is 0 Å². The molecule has 1 saturated carbocycles. The molecule has 0 aliphatic heterocycles. The molecule has 0 bridgehead atoms. The van der Waals surface area contributed by atoms with Crippen molar-refractivity contribution in [2.45, 2.75) is 64.2 Å². The zero-order valence-electron chi connectivity index (χ0n) is 10.9. The third-order valence-corrected chi connectivity index (χ3v) is 3.91. The molecule has 0 spiro atoms. The quantitative estimate of drug-likeness (QED) is 0.795. The van der Waals surface area contributed by atoms with Crippen LogP contribution < -0.4 is 0 Å². The molecule has 1 rings (SSSR count). The van der Waals surface area contributed by atoms with Crippen molar-refractivity contribution < 1.29 is 19.8 Å². The second kappa shape index (κ2) is 8.11. The van der Waals surface area contributed by atoms with Crippen molar-refractivity contribution in [3.8, 4) is 0 Å². The van der Waals surface area contributed by atoms with Crippen LogP contribution in [-0.2, 0) is 9.59 Å². The summed E-state index contributed by atoms with van der Waals surface area (Å²) in [5, 5.41) is 18.2. The first-order valence-electron chi connectivity index (χ1n) is 7.07. The fourth-order valence-corrected chi connectivity index (χ4v) is 2.70. The maximum atomic E-state index is 11.0. The van der Waals surface area contributed by atoms with Gasteiger partial charge in [-0.05, 0) is 25.7 Å². The fraction of sp³-hybridized carbons (Fsp3) is 0.857. The minimum absolute atomic E-state index is 0.229. The lowest BCUT2D eigenvalue weighted by Gasteiger charge is -2.16. The number of carboxylic acid groups (broad SMARTS) is 2. The van der Waals surface area contributed by atoms with E-state index in [1.165, 1.54) is 0 Å². The highest BCUT2D eigenvalue weighted by Crippen LogP contribution is 2.23. The molecule has 0 aromatic heterocycles. The van der Waals surface area contributed by atoms with Gasteiger partial charge in [-0.3, -0.25) is 9.59 Å². The van der Waals surface area contributed by atoms with E-state index in [4.69, 9.17) is 10.2 Å². The normalized spacial score (nSPS) is 27.8. The largest absolute Gasteiger partial charge is 0.481 e. The molecule has 18 heavy (non-hydrogen) atoms. The maximum absolute atomic E-state index is 11.0. The van der Waals surface area contributed by atoms with E-state index in [-0.39, 0.29) is 11.8 Å². The standard InChI is InChI=1S/C14H24O4/c15-13(16)11-7-3-1-2-4-8-12(14(17)18)10-6-5-9-11/h11-12H,1-10H2,(H,15,16)(H,17,18). The van der Waals surface area contributed by atoms with Crippen LogP contribution >= 0.6 is 0 Å². The van der Waals surface area contributed by atoms with Gasteiger partial charge in [0.2, 0.25) is 0 Å². The van der Waals surface area contributed by atoms with Crippen LogP contribution in [0.4, 0.5) is 0 Å². The molecular weight excluding hydrogens is 232 g/mol. The van der Waals surface area contributed by atoms with E-state index in [9.17, 15) is 9.59 Å². The molecule has 1 aliphatic carbocycles. The summed E-state index contributed by atoms with van der Waals surface area (Å²) in [5.41, 5.74) is 0. The molecule has 0 saturated heterocycles.